The molecule has 25 heavy (non-hydrogen) atoms. The Morgan fingerprint density at radius 3 is 2.96 bits per heavy atom. The van der Waals surface area contributed by atoms with Crippen LogP contribution in [-0.2, 0) is 10.0 Å². The van der Waals surface area contributed by atoms with Gasteiger partial charge in [-0.3, -0.25) is 9.92 Å². The van der Waals surface area contributed by atoms with Crippen molar-refractivity contribution in [3.63, 3.8) is 0 Å². The third kappa shape index (κ3) is 5.00. The zero-order valence-electron chi connectivity index (χ0n) is 13.3. The molecule has 0 aliphatic carbocycles. The monoisotopic (exact) mass is 367 g/mol. The summed E-state index contributed by atoms with van der Waals surface area (Å²) in [5, 5.41) is 31.1. The van der Waals surface area contributed by atoms with Crippen molar-refractivity contribution in [2.45, 2.75) is 0 Å². The maximum atomic E-state index is 13.4. The molecule has 1 heterocycles. The van der Waals surface area contributed by atoms with Gasteiger partial charge in [0.2, 0.25) is 11.7 Å². The van der Waals surface area contributed by atoms with Gasteiger partial charge >= 0.3 is 0 Å². The van der Waals surface area contributed by atoms with E-state index in [0.29, 0.717) is 18.0 Å². The molecule has 1 aromatic heterocycles. The van der Waals surface area contributed by atoms with Gasteiger partial charge in [-0.1, -0.05) is 11.1 Å². The third-order valence-corrected chi connectivity index (χ3v) is 4.22. The number of nitrogens with zero attached hydrogens (tertiary/aromatic N) is 3. The first-order valence-electron chi connectivity index (χ1n) is 7.05. The quantitative estimate of drug-likeness (QED) is 0.112. The lowest BCUT2D eigenvalue weighted by Gasteiger charge is -2.15. The molecular formula is C14H18FN7O2S. The Balaban J connectivity index is 2.16. The summed E-state index contributed by atoms with van der Waals surface area (Å²) >= 11 is 0. The van der Waals surface area contributed by atoms with E-state index in [0.717, 1.165) is 0 Å². The minimum Gasteiger partial charge on any atom is -0.409 e. The van der Waals surface area contributed by atoms with Crippen LogP contribution in [0, 0.1) is 22.9 Å². The van der Waals surface area contributed by atoms with E-state index in [4.69, 9.17) is 16.3 Å². The highest BCUT2D eigenvalue weighted by Crippen LogP contribution is 2.17. The highest BCUT2D eigenvalue weighted by atomic mass is 32.2. The van der Waals surface area contributed by atoms with E-state index < -0.39 is 15.8 Å². The summed E-state index contributed by atoms with van der Waals surface area (Å²) in [6.07, 6.45) is 6.90. The molecular weight excluding hydrogens is 349 g/mol. The van der Waals surface area contributed by atoms with Crippen LogP contribution < -0.4 is 15.8 Å². The number of rotatable bonds is 6. The van der Waals surface area contributed by atoms with E-state index in [-0.39, 0.29) is 22.9 Å². The van der Waals surface area contributed by atoms with Gasteiger partial charge in [0, 0.05) is 18.0 Å². The predicted octanol–water partition coefficient (Wildman–Crippen LogP) is 1.00. The van der Waals surface area contributed by atoms with Crippen LogP contribution in [0.15, 0.2) is 28.0 Å². The van der Waals surface area contributed by atoms with E-state index in [1.165, 1.54) is 18.2 Å². The van der Waals surface area contributed by atoms with Crippen molar-refractivity contribution in [3.8, 4) is 12.3 Å². The lowest BCUT2D eigenvalue weighted by molar-refractivity contribution is 0.305. The average molecular weight is 367 g/mol. The van der Waals surface area contributed by atoms with E-state index in [2.05, 4.69) is 36.7 Å². The minimum absolute atomic E-state index is 0.0561. The summed E-state index contributed by atoms with van der Waals surface area (Å²) in [5.74, 6) is 2.26. The Morgan fingerprint density at radius 1 is 1.56 bits per heavy atom. The number of hydrogen-bond acceptors (Lipinski definition) is 7. The van der Waals surface area contributed by atoms with E-state index in [1.54, 1.807) is 6.26 Å². The molecule has 0 fully saturated rings. The second-order valence-electron chi connectivity index (χ2n) is 5.29. The highest BCUT2D eigenvalue weighted by molar-refractivity contribution is 8.01. The molecule has 0 bridgehead atoms. The third-order valence-electron chi connectivity index (χ3n) is 3.07. The van der Waals surface area contributed by atoms with Gasteiger partial charge in [0.1, 0.15) is 5.82 Å². The van der Waals surface area contributed by atoms with Crippen molar-refractivity contribution in [2.24, 2.45) is 10.3 Å². The number of halogens is 1. The molecule has 0 saturated carbocycles. The van der Waals surface area contributed by atoms with E-state index in [1.807, 2.05) is 0 Å². The first-order valence-corrected chi connectivity index (χ1v) is 9.54. The Kier molecular flexibility index (Phi) is 5.68. The molecule has 9 nitrogen and oxygen atoms in total. The molecule has 0 saturated heterocycles. The fourth-order valence-electron chi connectivity index (χ4n) is 1.85. The summed E-state index contributed by atoms with van der Waals surface area (Å²) < 4.78 is 25.8. The lowest BCUT2D eigenvalue weighted by atomic mass is 10.2. The molecule has 0 aliphatic rings. The number of anilines is 2. The molecule has 2 aromatic rings. The van der Waals surface area contributed by atoms with Gasteiger partial charge in [0.15, 0.2) is 5.69 Å². The standard InChI is InChI=1S/C14H18FN7O2S/c1-3-9-8-10(4-5-11(9)15)19-14(20-23)12-13(22-24-21-12)18-6-7-25(2,16)17/h1,4-5,8,23,25H,6-7H2,2H3,(H3,16,17)(H,18,22)(H,19,20). The van der Waals surface area contributed by atoms with Crippen molar-refractivity contribution < 1.29 is 14.2 Å². The summed E-state index contributed by atoms with van der Waals surface area (Å²) in [7, 11) is -2.19. The number of terminal acetylenes is 1. The number of aromatic nitrogens is 2. The number of oxime groups is 1. The van der Waals surface area contributed by atoms with E-state index >= 15 is 0 Å². The van der Waals surface area contributed by atoms with Gasteiger partial charge in [-0.15, -0.1) is 6.42 Å². The molecule has 0 aliphatic heterocycles. The van der Waals surface area contributed by atoms with Crippen molar-refractivity contribution in [1.82, 2.24) is 10.3 Å². The first-order chi connectivity index (χ1) is 11.8. The van der Waals surface area contributed by atoms with Crippen LogP contribution in [0.1, 0.15) is 11.3 Å². The van der Waals surface area contributed by atoms with Crippen LogP contribution in [0.3, 0.4) is 0 Å². The maximum Gasteiger partial charge on any atom is 0.203 e. The van der Waals surface area contributed by atoms with Gasteiger partial charge in [-0.05, 0) is 34.8 Å². The van der Waals surface area contributed by atoms with E-state index in [9.17, 15) is 9.60 Å². The molecule has 2 rings (SSSR count). The van der Waals surface area contributed by atoms with Crippen LogP contribution in [0.4, 0.5) is 15.9 Å². The van der Waals surface area contributed by atoms with Crippen molar-refractivity contribution in [1.29, 1.82) is 4.78 Å². The maximum absolute atomic E-state index is 13.4. The van der Waals surface area contributed by atoms with Gasteiger partial charge in [-0.25, -0.2) is 9.02 Å². The molecule has 6 N–H and O–H groups in total. The molecule has 11 heteroatoms. The number of amidine groups is 1. The SMILES string of the molecule is C#Cc1cc(N/C(=N\O)c2nonc2NCC[SH](C)(=N)N)ccc1F. The Bertz CT molecular complexity index is 868. The molecule has 0 atom stereocenters. The Morgan fingerprint density at radius 2 is 2.32 bits per heavy atom. The van der Waals surface area contributed by atoms with Crippen LogP contribution in [-0.4, -0.2) is 39.9 Å². The second kappa shape index (κ2) is 7.73. The molecule has 0 unspecified atom stereocenters. The van der Waals surface area contributed by atoms with Crippen LogP contribution in [0.2, 0.25) is 0 Å². The lowest BCUT2D eigenvalue weighted by Crippen LogP contribution is -2.28. The van der Waals surface area contributed by atoms with Crippen molar-refractivity contribution in [2.75, 3.05) is 29.2 Å². The number of thiol groups is 1. The zero-order chi connectivity index (χ0) is 18.4. The summed E-state index contributed by atoms with van der Waals surface area (Å²) in [6, 6.07) is 3.99. The fraction of sp³-hybridized carbons (Fsp3) is 0.214. The minimum atomic E-state index is -2.19. The number of nitrogens with two attached hydrogens (primary N) is 1. The molecule has 134 valence electrons. The second-order valence-corrected chi connectivity index (χ2v) is 8.28. The predicted molar refractivity (Wildman–Crippen MR) is 95.5 cm³/mol. The van der Waals surface area contributed by atoms with Gasteiger partial charge < -0.3 is 15.8 Å². The Hall–Kier alpha value is -2.97. The van der Waals surface area contributed by atoms with Gasteiger partial charge in [-0.2, -0.15) is 10.0 Å². The summed E-state index contributed by atoms with van der Waals surface area (Å²) in [5.41, 5.74) is 0.555. The number of hydrogen-bond donors (Lipinski definition) is 6. The number of nitrogens with one attached hydrogen (secondary N) is 3. The summed E-state index contributed by atoms with van der Waals surface area (Å²) in [4.78, 5) is 0. The Labute approximate surface area is 144 Å². The van der Waals surface area contributed by atoms with Gasteiger partial charge in [0.25, 0.3) is 0 Å². The molecule has 0 radical (unpaired) electrons. The van der Waals surface area contributed by atoms with Crippen LogP contribution >= 0.6 is 0 Å². The largest absolute Gasteiger partial charge is 0.409 e. The molecule has 1 aromatic carbocycles. The summed E-state index contributed by atoms with van der Waals surface area (Å²) in [6.45, 7) is 0.377. The van der Waals surface area contributed by atoms with Crippen LogP contribution in [0.5, 0.6) is 0 Å². The smallest absolute Gasteiger partial charge is 0.203 e. The zero-order valence-corrected chi connectivity index (χ0v) is 14.2. The highest BCUT2D eigenvalue weighted by Gasteiger charge is 2.18. The van der Waals surface area contributed by atoms with Crippen molar-refractivity contribution in [3.05, 3.63) is 35.3 Å². The fourth-order valence-corrected chi connectivity index (χ4v) is 2.42. The van der Waals surface area contributed by atoms with Crippen molar-refractivity contribution >= 4 is 27.4 Å². The van der Waals surface area contributed by atoms with Crippen LogP contribution in [0.25, 0.3) is 0 Å². The molecule has 0 spiro atoms. The van der Waals surface area contributed by atoms with Gasteiger partial charge in [0.05, 0.1) is 5.56 Å². The topological polar surface area (TPSA) is 145 Å². The molecule has 0 amide bonds. The first kappa shape index (κ1) is 18.4. The number of benzene rings is 1. The average Bonchev–Trinajstić information content (AvgIpc) is 3.01. The normalized spacial score (nSPS) is 12.5.